The second kappa shape index (κ2) is 8.33. The molecule has 1 amide bonds. The van der Waals surface area contributed by atoms with E-state index in [1.165, 1.54) is 5.56 Å². The molecule has 0 N–H and O–H groups in total. The van der Waals surface area contributed by atoms with Crippen LogP contribution in [0, 0.1) is 0 Å². The van der Waals surface area contributed by atoms with E-state index >= 15 is 0 Å². The fraction of sp³-hybridized carbons (Fsp3) is 0.667. The predicted octanol–water partition coefficient (Wildman–Crippen LogP) is 3.07. The Morgan fingerprint density at radius 3 is 2.60 bits per heavy atom. The van der Waals surface area contributed by atoms with Gasteiger partial charge >= 0.3 is 0 Å². The second-order valence-corrected chi connectivity index (χ2v) is 7.64. The van der Waals surface area contributed by atoms with Crippen molar-refractivity contribution < 1.29 is 9.53 Å². The Morgan fingerprint density at radius 1 is 1.20 bits per heavy atom. The molecule has 0 spiro atoms. The topological polar surface area (TPSA) is 32.8 Å². The number of hydrogen-bond donors (Lipinski definition) is 0. The molecule has 0 unspecified atom stereocenters. The zero-order valence-corrected chi connectivity index (χ0v) is 15.7. The van der Waals surface area contributed by atoms with E-state index in [-0.39, 0.29) is 11.5 Å². The summed E-state index contributed by atoms with van der Waals surface area (Å²) in [7, 11) is 2.15. The normalized spacial score (nSPS) is 24.2. The Morgan fingerprint density at radius 2 is 1.92 bits per heavy atom. The molecule has 1 aromatic carbocycles. The van der Waals surface area contributed by atoms with E-state index in [0.29, 0.717) is 5.91 Å². The van der Waals surface area contributed by atoms with Gasteiger partial charge in [0.1, 0.15) is 0 Å². The summed E-state index contributed by atoms with van der Waals surface area (Å²) in [6.45, 7) is 6.50. The van der Waals surface area contributed by atoms with Gasteiger partial charge in [0.25, 0.3) is 0 Å². The fourth-order valence-electron chi connectivity index (χ4n) is 4.23. The Kier molecular flexibility index (Phi) is 6.13. The van der Waals surface area contributed by atoms with E-state index in [1.54, 1.807) is 0 Å². The van der Waals surface area contributed by atoms with Crippen molar-refractivity contribution in [1.82, 2.24) is 9.80 Å². The molecule has 138 valence electrons. The van der Waals surface area contributed by atoms with Crippen molar-refractivity contribution in [3.8, 4) is 0 Å². The van der Waals surface area contributed by atoms with Crippen LogP contribution in [0.2, 0.25) is 0 Å². The average Bonchev–Trinajstić information content (AvgIpc) is 2.67. The quantitative estimate of drug-likeness (QED) is 0.823. The van der Waals surface area contributed by atoms with Crippen LogP contribution in [0.3, 0.4) is 0 Å². The van der Waals surface area contributed by atoms with E-state index in [4.69, 9.17) is 4.74 Å². The molecule has 1 aromatic rings. The van der Waals surface area contributed by atoms with Crippen molar-refractivity contribution in [2.24, 2.45) is 0 Å². The first-order chi connectivity index (χ1) is 12.2. The van der Waals surface area contributed by atoms with Crippen molar-refractivity contribution in [1.29, 1.82) is 0 Å². The highest BCUT2D eigenvalue weighted by atomic mass is 16.5. The number of rotatable bonds is 5. The molecule has 4 heteroatoms. The highest BCUT2D eigenvalue weighted by Crippen LogP contribution is 2.38. The minimum Gasteiger partial charge on any atom is -0.376 e. The van der Waals surface area contributed by atoms with E-state index in [9.17, 15) is 4.79 Å². The summed E-state index contributed by atoms with van der Waals surface area (Å²) in [6, 6.07) is 10.4. The molecule has 25 heavy (non-hydrogen) atoms. The molecule has 4 nitrogen and oxygen atoms in total. The predicted molar refractivity (Wildman–Crippen MR) is 101 cm³/mol. The van der Waals surface area contributed by atoms with Gasteiger partial charge in [0, 0.05) is 19.7 Å². The van der Waals surface area contributed by atoms with E-state index < -0.39 is 0 Å². The van der Waals surface area contributed by atoms with Crippen molar-refractivity contribution in [3.05, 3.63) is 35.9 Å². The van der Waals surface area contributed by atoms with Gasteiger partial charge in [-0.2, -0.15) is 0 Å². The number of amides is 1. The van der Waals surface area contributed by atoms with Crippen LogP contribution < -0.4 is 0 Å². The third-order valence-electron chi connectivity index (χ3n) is 5.80. The van der Waals surface area contributed by atoms with Gasteiger partial charge in [0.2, 0.25) is 5.91 Å². The van der Waals surface area contributed by atoms with Gasteiger partial charge in [-0.05, 0) is 57.8 Å². The maximum Gasteiger partial charge on any atom is 0.233 e. The first-order valence-corrected chi connectivity index (χ1v) is 9.81. The van der Waals surface area contributed by atoms with Crippen LogP contribution >= 0.6 is 0 Å². The number of benzene rings is 1. The van der Waals surface area contributed by atoms with Crippen LogP contribution in [-0.4, -0.2) is 61.6 Å². The first-order valence-electron chi connectivity index (χ1n) is 9.81. The molecule has 3 rings (SSSR count). The van der Waals surface area contributed by atoms with Crippen LogP contribution in [-0.2, 0) is 14.9 Å². The van der Waals surface area contributed by atoms with Crippen molar-refractivity contribution in [2.45, 2.75) is 50.5 Å². The molecule has 2 fully saturated rings. The zero-order valence-electron chi connectivity index (χ0n) is 15.7. The number of carbonyl (C=O) groups excluding carboxylic acids is 1. The number of hydrogen-bond acceptors (Lipinski definition) is 3. The Balaban J connectivity index is 1.80. The summed E-state index contributed by atoms with van der Waals surface area (Å²) in [5.74, 6) is 0.316. The van der Waals surface area contributed by atoms with Crippen LogP contribution in [0.15, 0.2) is 30.3 Å². The molecule has 0 bridgehead atoms. The smallest absolute Gasteiger partial charge is 0.233 e. The van der Waals surface area contributed by atoms with Crippen molar-refractivity contribution >= 4 is 5.91 Å². The van der Waals surface area contributed by atoms with E-state index in [1.807, 2.05) is 6.07 Å². The minimum atomic E-state index is -0.361. The van der Waals surface area contributed by atoms with Crippen molar-refractivity contribution in [2.75, 3.05) is 39.8 Å². The molecule has 0 saturated carbocycles. The van der Waals surface area contributed by atoms with Gasteiger partial charge in [-0.3, -0.25) is 4.79 Å². The number of piperidine rings is 2. The Hall–Kier alpha value is -1.39. The summed E-state index contributed by atoms with van der Waals surface area (Å²) in [5, 5.41) is 0. The molecule has 0 aromatic heterocycles. The lowest BCUT2D eigenvalue weighted by molar-refractivity contribution is -0.143. The molecule has 0 aliphatic carbocycles. The fourth-order valence-corrected chi connectivity index (χ4v) is 4.23. The minimum absolute atomic E-state index is 0.205. The van der Waals surface area contributed by atoms with Gasteiger partial charge in [-0.1, -0.05) is 37.3 Å². The van der Waals surface area contributed by atoms with Gasteiger partial charge in [0.05, 0.1) is 11.5 Å². The lowest BCUT2D eigenvalue weighted by Gasteiger charge is -2.44. The highest BCUT2D eigenvalue weighted by molar-refractivity contribution is 5.88. The first kappa shape index (κ1) is 18.4. The summed E-state index contributed by atoms with van der Waals surface area (Å²) in [5.41, 5.74) is 0.824. The molecular formula is C21H32N2O2. The molecule has 2 aliphatic rings. The number of carbonyl (C=O) groups is 1. The average molecular weight is 344 g/mol. The van der Waals surface area contributed by atoms with Gasteiger partial charge < -0.3 is 14.5 Å². The Labute approximate surface area is 152 Å². The van der Waals surface area contributed by atoms with Gasteiger partial charge in [-0.25, -0.2) is 0 Å². The SMILES string of the molecule is CCCO[C@@H]1CCCN(C(=O)C2(c3ccccc3)CCN(C)CC2)C1. The van der Waals surface area contributed by atoms with E-state index in [2.05, 4.69) is 48.0 Å². The van der Waals surface area contributed by atoms with E-state index in [0.717, 1.165) is 64.9 Å². The highest BCUT2D eigenvalue weighted by Gasteiger charge is 2.45. The summed E-state index contributed by atoms with van der Waals surface area (Å²) in [4.78, 5) is 18.1. The third-order valence-corrected chi connectivity index (χ3v) is 5.80. The second-order valence-electron chi connectivity index (χ2n) is 7.64. The number of nitrogens with zero attached hydrogens (tertiary/aromatic N) is 2. The molecule has 2 aliphatic heterocycles. The maximum atomic E-state index is 13.7. The number of likely N-dealkylation sites (tertiary alicyclic amines) is 2. The molecule has 0 radical (unpaired) electrons. The largest absolute Gasteiger partial charge is 0.376 e. The molecular weight excluding hydrogens is 312 g/mol. The molecule has 2 saturated heterocycles. The lowest BCUT2D eigenvalue weighted by Crippen LogP contribution is -2.55. The van der Waals surface area contributed by atoms with Crippen LogP contribution in [0.1, 0.15) is 44.6 Å². The summed E-state index contributed by atoms with van der Waals surface area (Å²) >= 11 is 0. The maximum absolute atomic E-state index is 13.7. The number of ether oxygens (including phenoxy) is 1. The van der Waals surface area contributed by atoms with Crippen molar-refractivity contribution in [3.63, 3.8) is 0 Å². The van der Waals surface area contributed by atoms with Gasteiger partial charge in [-0.15, -0.1) is 0 Å². The van der Waals surface area contributed by atoms with Crippen LogP contribution in [0.5, 0.6) is 0 Å². The lowest BCUT2D eigenvalue weighted by atomic mass is 9.71. The molecule has 2 heterocycles. The molecule has 1 atom stereocenters. The monoisotopic (exact) mass is 344 g/mol. The van der Waals surface area contributed by atoms with Crippen LogP contribution in [0.25, 0.3) is 0 Å². The zero-order chi connectivity index (χ0) is 17.7. The summed E-state index contributed by atoms with van der Waals surface area (Å²) in [6.07, 6.45) is 5.17. The van der Waals surface area contributed by atoms with Crippen LogP contribution in [0.4, 0.5) is 0 Å². The Bertz CT molecular complexity index is 552. The third kappa shape index (κ3) is 4.06. The van der Waals surface area contributed by atoms with Gasteiger partial charge in [0.15, 0.2) is 0 Å². The standard InChI is InChI=1S/C21H32N2O2/c1-3-16-25-19-10-7-13-23(17-19)20(24)21(11-14-22(2)15-12-21)18-8-5-4-6-9-18/h4-6,8-9,19H,3,7,10-17H2,1-2H3/t19-/m1/s1. The summed E-state index contributed by atoms with van der Waals surface area (Å²) < 4.78 is 5.95.